The molecule has 0 aromatic rings. The van der Waals surface area contributed by atoms with Crippen LogP contribution in [0.1, 0.15) is 0 Å². The van der Waals surface area contributed by atoms with Crippen molar-refractivity contribution in [2.45, 2.75) is 49.9 Å². The molecule has 0 radical (unpaired) electrons. The van der Waals surface area contributed by atoms with Crippen molar-refractivity contribution in [2.75, 3.05) is 0 Å². The second kappa shape index (κ2) is 10.1. The van der Waals surface area contributed by atoms with Crippen LogP contribution in [0.4, 0.5) is 87.8 Å². The van der Waals surface area contributed by atoms with Gasteiger partial charge in [0.05, 0.1) is 0 Å². The first-order chi connectivity index (χ1) is 15.3. The first-order valence-electron chi connectivity index (χ1n) is 6.98. The minimum Gasteiger partial charge on any atom is -0.242 e. The highest BCUT2D eigenvalue weighted by Gasteiger charge is 2.70. The lowest BCUT2D eigenvalue weighted by atomic mass is 10.5. The number of halogens is 20. The molecule has 0 aromatic heterocycles. The van der Waals surface area contributed by atoms with Gasteiger partial charge in [0.25, 0.3) is 5.83 Å². The number of rotatable bonds is 13. The maximum Gasteiger partial charge on any atom is 0.529 e. The van der Waals surface area contributed by atoms with Crippen molar-refractivity contribution in [1.82, 2.24) is 0 Å². The molecule has 0 N–H and O–H groups in total. The molecule has 0 amide bonds. The van der Waals surface area contributed by atoms with Crippen molar-refractivity contribution in [2.24, 2.45) is 0 Å². The van der Waals surface area contributed by atoms with E-state index in [2.05, 4.69) is 0 Å². The van der Waals surface area contributed by atoms with Crippen LogP contribution in [-0.2, 0) is 28.4 Å². The Balaban J connectivity index is 5.60. The number of alkyl halides is 17. The summed E-state index contributed by atoms with van der Waals surface area (Å²) in [5.74, 6) is -4.30. The molecule has 6 nitrogen and oxygen atoms in total. The van der Waals surface area contributed by atoms with Crippen LogP contribution in [0, 0.1) is 0 Å². The summed E-state index contributed by atoms with van der Waals surface area (Å²) in [6.07, 6.45) is -59.9. The fraction of sp³-hybridized carbons (Fsp3) is 0.800. The summed E-state index contributed by atoms with van der Waals surface area (Å²) in [6, 6.07) is 0. The van der Waals surface area contributed by atoms with E-state index in [0.29, 0.717) is 0 Å². The van der Waals surface area contributed by atoms with Gasteiger partial charge in [-0.2, -0.15) is 44.3 Å². The van der Waals surface area contributed by atoms with E-state index in [1.54, 1.807) is 23.7 Å². The molecule has 0 saturated heterocycles. The summed E-state index contributed by atoms with van der Waals surface area (Å²) < 4.78 is 259. The second-order valence-electron chi connectivity index (χ2n) is 5.04. The maximum atomic E-state index is 13.0. The summed E-state index contributed by atoms with van der Waals surface area (Å²) in [6.45, 7) is 0. The molecule has 0 aliphatic carbocycles. The molecular formula is C10F20O6. The van der Waals surface area contributed by atoms with Crippen LogP contribution in [0.3, 0.4) is 0 Å². The lowest BCUT2D eigenvalue weighted by molar-refractivity contribution is -0.632. The van der Waals surface area contributed by atoms with E-state index >= 15 is 0 Å². The molecule has 26 heteroatoms. The Morgan fingerprint density at radius 2 is 0.639 bits per heavy atom. The predicted octanol–water partition coefficient (Wildman–Crippen LogP) is 6.66. The van der Waals surface area contributed by atoms with E-state index in [0.717, 1.165) is 0 Å². The van der Waals surface area contributed by atoms with Crippen molar-refractivity contribution in [3.8, 4) is 0 Å². The van der Waals surface area contributed by atoms with Crippen molar-refractivity contribution in [1.29, 1.82) is 0 Å². The lowest BCUT2D eigenvalue weighted by Crippen LogP contribution is -2.54. The SMILES string of the molecule is FC(F)=C(F)C(F)(F)OC(F)(F)C(F)(F)OC(F)(F)OC(F)(F)OC(F)(F)OC(F)(F)OC(F)(F)F. The standard InChI is InChI=1S/C10F20O6/c11-1(2(12)13)3(14,15)31-4(16,17)5(18,19)32-7(23,24)34-9(27,28)36-10(29,30)35-8(25,26)33-6(20,21)22. The van der Waals surface area contributed by atoms with Crippen molar-refractivity contribution in [3.63, 3.8) is 0 Å². The Labute approximate surface area is 179 Å². The molecule has 0 atom stereocenters. The van der Waals surface area contributed by atoms with Crippen LogP contribution in [0.2, 0.25) is 0 Å². The third-order valence-electron chi connectivity index (χ3n) is 2.21. The minimum absolute atomic E-state index is 1.50. The number of ether oxygens (including phenoxy) is 6. The smallest absolute Gasteiger partial charge is 0.242 e. The quantitative estimate of drug-likeness (QED) is 0.175. The van der Waals surface area contributed by atoms with Gasteiger partial charge in [-0.25, -0.2) is 23.7 Å². The fourth-order valence-electron chi connectivity index (χ4n) is 1.22. The van der Waals surface area contributed by atoms with Crippen molar-refractivity contribution >= 4 is 0 Å². The Morgan fingerprint density at radius 1 is 0.361 bits per heavy atom. The molecule has 0 aliphatic rings. The van der Waals surface area contributed by atoms with Gasteiger partial charge in [0.2, 0.25) is 0 Å². The first-order valence-corrected chi connectivity index (χ1v) is 6.98. The molecular weight excluding hydrogens is 596 g/mol. The topological polar surface area (TPSA) is 55.4 Å². The zero-order chi connectivity index (χ0) is 29.4. The third kappa shape index (κ3) is 11.0. The lowest BCUT2D eigenvalue weighted by Gasteiger charge is -2.31. The van der Waals surface area contributed by atoms with Crippen LogP contribution in [0.5, 0.6) is 0 Å². The van der Waals surface area contributed by atoms with Crippen LogP contribution >= 0.6 is 0 Å². The number of hydrogen-bond acceptors (Lipinski definition) is 6. The maximum absolute atomic E-state index is 13.0. The van der Waals surface area contributed by atoms with Crippen LogP contribution in [-0.4, -0.2) is 49.9 Å². The van der Waals surface area contributed by atoms with Crippen LogP contribution in [0.25, 0.3) is 0 Å². The Morgan fingerprint density at radius 3 is 0.944 bits per heavy atom. The average molecular weight is 596 g/mol. The zero-order valence-corrected chi connectivity index (χ0v) is 15.0. The average Bonchev–Trinajstić information content (AvgIpc) is 2.44. The van der Waals surface area contributed by atoms with Gasteiger partial charge in [-0.3, -0.25) is 0 Å². The summed E-state index contributed by atoms with van der Waals surface area (Å²) in [5.41, 5.74) is 0. The van der Waals surface area contributed by atoms with Gasteiger partial charge in [-0.15, -0.1) is 48.3 Å². The van der Waals surface area contributed by atoms with E-state index in [1.165, 1.54) is 4.74 Å². The molecule has 0 bridgehead atoms. The monoisotopic (exact) mass is 596 g/mol. The van der Waals surface area contributed by atoms with Gasteiger partial charge in [0, 0.05) is 0 Å². The third-order valence-corrected chi connectivity index (χ3v) is 2.21. The largest absolute Gasteiger partial charge is 0.529 e. The summed E-state index contributed by atoms with van der Waals surface area (Å²) in [7, 11) is 0. The van der Waals surface area contributed by atoms with Gasteiger partial charge in [0.1, 0.15) is 0 Å². The Hall–Kier alpha value is -1.90. The number of hydrogen-bond donors (Lipinski definition) is 0. The van der Waals surface area contributed by atoms with E-state index in [-0.39, 0.29) is 0 Å². The molecule has 0 fully saturated rings. The van der Waals surface area contributed by atoms with Gasteiger partial charge < -0.3 is 0 Å². The Kier molecular flexibility index (Phi) is 9.57. The predicted molar refractivity (Wildman–Crippen MR) is 57.5 cm³/mol. The van der Waals surface area contributed by atoms with Crippen LogP contribution < -0.4 is 0 Å². The fourth-order valence-corrected chi connectivity index (χ4v) is 1.22. The molecule has 0 saturated carbocycles. The normalized spacial score (nSPS) is 15.3. The summed E-state index contributed by atoms with van der Waals surface area (Å²) in [4.78, 5) is 0. The molecule has 0 spiro atoms. The first kappa shape index (κ1) is 34.1. The highest BCUT2D eigenvalue weighted by atomic mass is 19.4. The van der Waals surface area contributed by atoms with Gasteiger partial charge >= 0.3 is 55.9 Å². The van der Waals surface area contributed by atoms with E-state index in [1.807, 2.05) is 0 Å². The highest BCUT2D eigenvalue weighted by Crippen LogP contribution is 2.47. The van der Waals surface area contributed by atoms with E-state index in [4.69, 9.17) is 0 Å². The molecule has 0 unspecified atom stereocenters. The van der Waals surface area contributed by atoms with Gasteiger partial charge in [0.15, 0.2) is 0 Å². The summed E-state index contributed by atoms with van der Waals surface area (Å²) in [5, 5.41) is 0. The molecule has 36 heavy (non-hydrogen) atoms. The summed E-state index contributed by atoms with van der Waals surface area (Å²) >= 11 is 0. The minimum atomic E-state index is -7.43. The van der Waals surface area contributed by atoms with E-state index < -0.39 is 61.8 Å². The molecule has 0 heterocycles. The highest BCUT2D eigenvalue weighted by molar-refractivity contribution is 5.00. The molecule has 0 rings (SSSR count). The van der Waals surface area contributed by atoms with Crippen molar-refractivity contribution in [3.05, 3.63) is 11.9 Å². The van der Waals surface area contributed by atoms with E-state index in [9.17, 15) is 87.8 Å². The van der Waals surface area contributed by atoms with Crippen LogP contribution in [0.15, 0.2) is 11.9 Å². The van der Waals surface area contributed by atoms with Crippen molar-refractivity contribution < 1.29 is 116 Å². The van der Waals surface area contributed by atoms with Gasteiger partial charge in [-0.1, -0.05) is 0 Å². The zero-order valence-electron chi connectivity index (χ0n) is 15.0. The Bertz CT molecular complexity index is 784. The molecule has 0 aliphatic heterocycles. The molecule has 216 valence electrons. The second-order valence-corrected chi connectivity index (χ2v) is 5.04. The molecule has 0 aromatic carbocycles. The van der Waals surface area contributed by atoms with Gasteiger partial charge in [-0.05, 0) is 0 Å².